The van der Waals surface area contributed by atoms with E-state index < -0.39 is 0 Å². The topological polar surface area (TPSA) is 53.7 Å². The van der Waals surface area contributed by atoms with Crippen LogP contribution in [0.25, 0.3) is 0 Å². The van der Waals surface area contributed by atoms with Gasteiger partial charge in [0, 0.05) is 5.41 Å². The van der Waals surface area contributed by atoms with Crippen molar-refractivity contribution in [3.63, 3.8) is 0 Å². The summed E-state index contributed by atoms with van der Waals surface area (Å²) in [6.07, 6.45) is 2.64. The Morgan fingerprint density at radius 3 is 2.17 bits per heavy atom. The summed E-state index contributed by atoms with van der Waals surface area (Å²) in [5.74, 6) is 0.713. The average Bonchev–Trinajstić information content (AvgIpc) is 2.26. The molecule has 2 heteroatoms. The largest absolute Gasteiger partial charge is 0.353 e. The van der Waals surface area contributed by atoms with Gasteiger partial charge in [0.15, 0.2) is 0 Å². The first-order chi connectivity index (χ1) is 5.41. The highest BCUT2D eigenvalue weighted by Crippen LogP contribution is 2.63. The number of fused-ring (bicyclic) bond motifs is 2. The standard InChI is InChI=1S/C10H20N2/c1-9(2)6-4-5-10(9,3)8(12)7(6)11/h6-8H,4-5,11-12H2,1-3H3/p+1. The molecule has 2 saturated carbocycles. The van der Waals surface area contributed by atoms with Crippen molar-refractivity contribution in [1.29, 1.82) is 0 Å². The summed E-state index contributed by atoms with van der Waals surface area (Å²) in [4.78, 5) is 0. The predicted molar refractivity (Wildman–Crippen MR) is 49.3 cm³/mol. The fraction of sp³-hybridized carbons (Fsp3) is 1.00. The van der Waals surface area contributed by atoms with Crippen molar-refractivity contribution in [3.8, 4) is 0 Å². The van der Waals surface area contributed by atoms with Gasteiger partial charge >= 0.3 is 0 Å². The van der Waals surface area contributed by atoms with E-state index >= 15 is 0 Å². The van der Waals surface area contributed by atoms with Gasteiger partial charge in [0.1, 0.15) is 6.04 Å². The highest BCUT2D eigenvalue weighted by Gasteiger charge is 2.66. The Morgan fingerprint density at radius 1 is 1.33 bits per heavy atom. The van der Waals surface area contributed by atoms with Crippen LogP contribution in [0.2, 0.25) is 0 Å². The summed E-state index contributed by atoms with van der Waals surface area (Å²) in [6.45, 7) is 7.11. The lowest BCUT2D eigenvalue weighted by Crippen LogP contribution is -2.73. The van der Waals surface area contributed by atoms with Crippen molar-refractivity contribution in [2.45, 2.75) is 45.7 Å². The molecule has 2 fully saturated rings. The van der Waals surface area contributed by atoms with Crippen molar-refractivity contribution in [3.05, 3.63) is 0 Å². The highest BCUT2D eigenvalue weighted by molar-refractivity contribution is 5.15. The molecule has 0 saturated heterocycles. The van der Waals surface area contributed by atoms with Gasteiger partial charge in [0.25, 0.3) is 0 Å². The first-order valence-corrected chi connectivity index (χ1v) is 5.00. The number of hydrogen-bond donors (Lipinski definition) is 2. The minimum atomic E-state index is 0.346. The lowest BCUT2D eigenvalue weighted by molar-refractivity contribution is -0.449. The molecule has 2 nitrogen and oxygen atoms in total. The molecule has 2 aliphatic rings. The van der Waals surface area contributed by atoms with E-state index in [-0.39, 0.29) is 0 Å². The van der Waals surface area contributed by atoms with E-state index in [2.05, 4.69) is 26.5 Å². The molecule has 2 aliphatic carbocycles. The minimum absolute atomic E-state index is 0.346. The van der Waals surface area contributed by atoms with Crippen molar-refractivity contribution < 1.29 is 5.73 Å². The third-order valence-corrected chi connectivity index (χ3v) is 5.12. The van der Waals surface area contributed by atoms with Gasteiger partial charge in [-0.3, -0.25) is 0 Å². The normalized spacial score (nSPS) is 56.2. The average molecular weight is 169 g/mol. The molecular formula is C10H21N2+. The fourth-order valence-corrected chi connectivity index (χ4v) is 3.60. The summed E-state index contributed by atoms with van der Waals surface area (Å²) < 4.78 is 0. The molecule has 2 rings (SSSR count). The molecule has 0 aromatic rings. The lowest BCUT2D eigenvalue weighted by atomic mass is 9.69. The summed E-state index contributed by atoms with van der Waals surface area (Å²) in [6, 6.07) is 0.810. The Hall–Kier alpha value is -0.0800. The van der Waals surface area contributed by atoms with Gasteiger partial charge in [0.05, 0.1) is 6.04 Å². The first kappa shape index (κ1) is 8.52. The van der Waals surface area contributed by atoms with E-state index in [4.69, 9.17) is 5.73 Å². The zero-order valence-corrected chi connectivity index (χ0v) is 8.43. The van der Waals surface area contributed by atoms with E-state index in [0.717, 1.165) is 0 Å². The Balaban J connectivity index is 2.44. The highest BCUT2D eigenvalue weighted by atomic mass is 14.9. The van der Waals surface area contributed by atoms with Gasteiger partial charge in [0.2, 0.25) is 0 Å². The van der Waals surface area contributed by atoms with Crippen molar-refractivity contribution >= 4 is 0 Å². The smallest absolute Gasteiger partial charge is 0.106 e. The predicted octanol–water partition coefficient (Wildman–Crippen LogP) is 0.380. The second-order valence-corrected chi connectivity index (χ2v) is 5.47. The van der Waals surface area contributed by atoms with Crippen LogP contribution in [-0.2, 0) is 0 Å². The molecular weight excluding hydrogens is 148 g/mol. The van der Waals surface area contributed by atoms with Gasteiger partial charge in [-0.1, -0.05) is 20.8 Å². The third-order valence-electron chi connectivity index (χ3n) is 5.12. The maximum Gasteiger partial charge on any atom is 0.106 e. The van der Waals surface area contributed by atoms with Crippen LogP contribution < -0.4 is 11.5 Å². The van der Waals surface area contributed by atoms with E-state index in [1.807, 2.05) is 0 Å². The monoisotopic (exact) mass is 169 g/mol. The quantitative estimate of drug-likeness (QED) is 0.541. The molecule has 0 heterocycles. The lowest BCUT2D eigenvalue weighted by Gasteiger charge is -2.35. The Bertz CT molecular complexity index is 212. The zero-order valence-electron chi connectivity index (χ0n) is 8.43. The second kappa shape index (κ2) is 2.05. The molecule has 70 valence electrons. The Labute approximate surface area is 74.7 Å². The second-order valence-electron chi connectivity index (χ2n) is 5.47. The van der Waals surface area contributed by atoms with E-state index in [0.29, 0.717) is 28.8 Å². The number of hydrogen-bond acceptors (Lipinski definition) is 1. The summed E-state index contributed by atoms with van der Waals surface area (Å²) >= 11 is 0. The van der Waals surface area contributed by atoms with Crippen molar-refractivity contribution in [2.75, 3.05) is 0 Å². The molecule has 0 aliphatic heterocycles. The van der Waals surface area contributed by atoms with Crippen molar-refractivity contribution in [2.24, 2.45) is 22.5 Å². The van der Waals surface area contributed by atoms with Crippen LogP contribution in [0, 0.1) is 16.7 Å². The van der Waals surface area contributed by atoms with Gasteiger partial charge in [-0.15, -0.1) is 0 Å². The maximum absolute atomic E-state index is 6.16. The maximum atomic E-state index is 6.16. The Kier molecular flexibility index (Phi) is 1.45. The first-order valence-electron chi connectivity index (χ1n) is 5.00. The Morgan fingerprint density at radius 2 is 1.92 bits per heavy atom. The molecule has 2 bridgehead atoms. The third kappa shape index (κ3) is 0.647. The minimum Gasteiger partial charge on any atom is -0.353 e. The van der Waals surface area contributed by atoms with Gasteiger partial charge in [-0.05, 0) is 24.2 Å². The summed E-state index contributed by atoms with van der Waals surface area (Å²) in [5.41, 5.74) is 11.2. The van der Waals surface area contributed by atoms with Crippen LogP contribution in [-0.4, -0.2) is 12.1 Å². The van der Waals surface area contributed by atoms with Crippen LogP contribution in [0.4, 0.5) is 0 Å². The number of nitrogens with two attached hydrogens (primary N) is 1. The number of rotatable bonds is 0. The number of quaternary nitrogens is 1. The SMILES string of the molecule is CC1(C)C2CCC1(C)C([NH3+])C2N. The van der Waals surface area contributed by atoms with Gasteiger partial charge in [-0.2, -0.15) is 0 Å². The van der Waals surface area contributed by atoms with Gasteiger partial charge < -0.3 is 11.5 Å². The zero-order chi connectivity index (χ0) is 9.15. The van der Waals surface area contributed by atoms with E-state index in [1.54, 1.807) is 0 Å². The van der Waals surface area contributed by atoms with Crippen LogP contribution in [0.1, 0.15) is 33.6 Å². The molecule has 5 N–H and O–H groups in total. The van der Waals surface area contributed by atoms with Crippen LogP contribution in [0.3, 0.4) is 0 Å². The molecule has 12 heavy (non-hydrogen) atoms. The van der Waals surface area contributed by atoms with Crippen LogP contribution in [0.15, 0.2) is 0 Å². The summed E-state index contributed by atoms with van der Waals surface area (Å²) in [5, 5.41) is 0. The molecule has 0 amide bonds. The van der Waals surface area contributed by atoms with E-state index in [9.17, 15) is 0 Å². The fourth-order valence-electron chi connectivity index (χ4n) is 3.60. The molecule has 0 aromatic heterocycles. The molecule has 4 atom stereocenters. The van der Waals surface area contributed by atoms with Crippen molar-refractivity contribution in [1.82, 2.24) is 0 Å². The van der Waals surface area contributed by atoms with Crippen LogP contribution >= 0.6 is 0 Å². The molecule has 0 radical (unpaired) electrons. The van der Waals surface area contributed by atoms with E-state index in [1.165, 1.54) is 12.8 Å². The molecule has 0 aromatic carbocycles. The molecule has 4 unspecified atom stereocenters. The van der Waals surface area contributed by atoms with Gasteiger partial charge in [-0.25, -0.2) is 0 Å². The van der Waals surface area contributed by atoms with Crippen LogP contribution in [0.5, 0.6) is 0 Å². The summed E-state index contributed by atoms with van der Waals surface area (Å²) in [7, 11) is 0. The molecule has 0 spiro atoms.